The summed E-state index contributed by atoms with van der Waals surface area (Å²) >= 11 is 0. The van der Waals surface area contributed by atoms with Crippen LogP contribution >= 0.6 is 0 Å². The Kier molecular flexibility index (Phi) is 6.52. The Labute approximate surface area is 387 Å². The van der Waals surface area contributed by atoms with Gasteiger partial charge in [0, 0.05) is 45.5 Å². The van der Waals surface area contributed by atoms with Crippen molar-refractivity contribution < 1.29 is 13.9 Å². The summed E-state index contributed by atoms with van der Waals surface area (Å²) in [5, 5.41) is 2.54. The number of para-hydroxylation sites is 2. The Morgan fingerprint density at radius 3 is 1.70 bits per heavy atom. The SMILES string of the molecule is CC1(C)c2ccccc2N2c3c1cc1c4ccccc4n4c1c3C13c5c(cccc5-4)Oc4cc(-c5ccc(-c6ccccc6)cc5)cc([n+]41)-c1cc(-c4ccc(-c5ccccc5)cc4)cc2[n+]13. The molecule has 67 heavy (non-hydrogen) atoms. The fourth-order valence-corrected chi connectivity index (χ4v) is 12.8. The molecule has 8 heterocycles. The predicted molar refractivity (Wildman–Crippen MR) is 267 cm³/mol. The average Bonchev–Trinajstić information content (AvgIpc) is 3.88. The maximum absolute atomic E-state index is 7.34. The molecule has 0 fully saturated rings. The Morgan fingerprint density at radius 2 is 1.00 bits per heavy atom. The fraction of sp³-hybridized carbons (Fsp3) is 0.0645. The highest BCUT2D eigenvalue weighted by molar-refractivity contribution is 6.15. The zero-order valence-electron chi connectivity index (χ0n) is 36.8. The zero-order chi connectivity index (χ0) is 43.9. The molecule has 1 unspecified atom stereocenters. The minimum Gasteiger partial charge on any atom is -0.404 e. The first-order chi connectivity index (χ1) is 33.0. The van der Waals surface area contributed by atoms with E-state index < -0.39 is 5.66 Å². The Bertz CT molecular complexity index is 4020. The first-order valence-corrected chi connectivity index (χ1v) is 23.3. The minimum absolute atomic E-state index is 0.307. The summed E-state index contributed by atoms with van der Waals surface area (Å²) in [4.78, 5) is 2.61. The molecule has 0 amide bonds. The number of fused-ring (bicyclic) bond motifs is 8. The number of nitrogens with zero attached hydrogens (tertiary/aromatic N) is 4. The first-order valence-electron chi connectivity index (χ1n) is 23.3. The van der Waals surface area contributed by atoms with E-state index >= 15 is 0 Å². The molecule has 11 aromatic rings. The van der Waals surface area contributed by atoms with Gasteiger partial charge in [-0.3, -0.25) is 0 Å². The molecule has 312 valence electrons. The molecule has 5 aliphatic rings. The zero-order valence-corrected chi connectivity index (χ0v) is 36.8. The number of hydrogen-bond donors (Lipinski definition) is 0. The van der Waals surface area contributed by atoms with Crippen LogP contribution in [0.2, 0.25) is 0 Å². The molecule has 3 aromatic heterocycles. The van der Waals surface area contributed by atoms with Crippen molar-refractivity contribution >= 4 is 39.0 Å². The van der Waals surface area contributed by atoms with Crippen LogP contribution in [-0.2, 0) is 11.1 Å². The topological polar surface area (TPSA) is 25.2 Å². The smallest absolute Gasteiger partial charge is 0.379 e. The van der Waals surface area contributed by atoms with Crippen molar-refractivity contribution in [3.05, 3.63) is 229 Å². The van der Waals surface area contributed by atoms with Crippen LogP contribution < -0.4 is 18.8 Å². The van der Waals surface area contributed by atoms with Gasteiger partial charge in [0.25, 0.3) is 11.5 Å². The number of rotatable bonds is 4. The highest BCUT2D eigenvalue weighted by Gasteiger charge is 2.73. The van der Waals surface area contributed by atoms with E-state index in [1.165, 1.54) is 83.3 Å². The second-order valence-electron chi connectivity index (χ2n) is 19.3. The summed E-state index contributed by atoms with van der Waals surface area (Å²) < 4.78 is 15.1. The van der Waals surface area contributed by atoms with Gasteiger partial charge < -0.3 is 9.30 Å². The molecule has 1 spiro atoms. The van der Waals surface area contributed by atoms with E-state index in [2.05, 4.69) is 239 Å². The third-order valence-corrected chi connectivity index (χ3v) is 15.7. The van der Waals surface area contributed by atoms with Gasteiger partial charge in [0.15, 0.2) is 11.4 Å². The van der Waals surface area contributed by atoms with Crippen LogP contribution in [0.15, 0.2) is 206 Å². The van der Waals surface area contributed by atoms with Gasteiger partial charge in [0.1, 0.15) is 16.8 Å². The quantitative estimate of drug-likeness (QED) is 0.165. The molecule has 0 aliphatic carbocycles. The van der Waals surface area contributed by atoms with Crippen LogP contribution in [0.3, 0.4) is 0 Å². The summed E-state index contributed by atoms with van der Waals surface area (Å²) in [6.45, 7) is 4.85. The van der Waals surface area contributed by atoms with Gasteiger partial charge in [-0.15, -0.1) is 9.13 Å². The molecule has 0 N–H and O–H groups in total. The second kappa shape index (κ2) is 12.2. The Morgan fingerprint density at radius 1 is 0.433 bits per heavy atom. The normalized spacial score (nSPS) is 16.5. The van der Waals surface area contributed by atoms with Crippen molar-refractivity contribution in [3.63, 3.8) is 0 Å². The highest BCUT2D eigenvalue weighted by Crippen LogP contribution is 2.64. The lowest BCUT2D eigenvalue weighted by Gasteiger charge is -2.45. The molecule has 5 aliphatic heterocycles. The van der Waals surface area contributed by atoms with Crippen LogP contribution in [0, 0.1) is 0 Å². The first kappa shape index (κ1) is 35.8. The maximum Gasteiger partial charge on any atom is 0.379 e. The molecule has 5 nitrogen and oxygen atoms in total. The fourth-order valence-electron chi connectivity index (χ4n) is 12.8. The van der Waals surface area contributed by atoms with Crippen LogP contribution in [0.5, 0.6) is 11.6 Å². The van der Waals surface area contributed by atoms with Crippen molar-refractivity contribution in [2.24, 2.45) is 0 Å². The average molecular weight is 857 g/mol. The third-order valence-electron chi connectivity index (χ3n) is 15.7. The molecule has 0 radical (unpaired) electrons. The van der Waals surface area contributed by atoms with Gasteiger partial charge in [-0.25, -0.2) is 0 Å². The molecule has 0 saturated carbocycles. The summed E-state index contributed by atoms with van der Waals surface area (Å²) in [5.41, 5.74) is 21.7. The van der Waals surface area contributed by atoms with E-state index in [1.54, 1.807) is 0 Å². The molecule has 16 rings (SSSR count). The van der Waals surface area contributed by atoms with Crippen molar-refractivity contribution in [2.45, 2.75) is 24.9 Å². The summed E-state index contributed by atoms with van der Waals surface area (Å²) in [6.07, 6.45) is 0. The monoisotopic (exact) mass is 856 g/mol. The maximum atomic E-state index is 7.34. The van der Waals surface area contributed by atoms with Gasteiger partial charge in [-0.05, 0) is 74.8 Å². The number of pyridine rings is 2. The Balaban J connectivity index is 1.06. The second-order valence-corrected chi connectivity index (χ2v) is 19.3. The lowest BCUT2D eigenvalue weighted by molar-refractivity contribution is -0.936. The van der Waals surface area contributed by atoms with E-state index in [-0.39, 0.29) is 5.41 Å². The number of hydrogen-bond acceptors (Lipinski definition) is 2. The molecule has 8 aromatic carbocycles. The number of anilines is 3. The lowest BCUT2D eigenvalue weighted by Crippen LogP contribution is -2.75. The van der Waals surface area contributed by atoms with E-state index in [4.69, 9.17) is 4.74 Å². The van der Waals surface area contributed by atoms with E-state index in [0.717, 1.165) is 51.2 Å². The number of aromatic nitrogens is 3. The Hall–Kier alpha value is -8.54. The molecule has 0 saturated heterocycles. The highest BCUT2D eigenvalue weighted by atomic mass is 16.5. The lowest BCUT2D eigenvalue weighted by atomic mass is 9.69. The van der Waals surface area contributed by atoms with Gasteiger partial charge in [-0.1, -0.05) is 166 Å². The molecular formula is C62H40N4O+2. The van der Waals surface area contributed by atoms with E-state index in [9.17, 15) is 0 Å². The van der Waals surface area contributed by atoms with Crippen molar-refractivity contribution in [2.75, 3.05) is 4.90 Å². The molecule has 0 bridgehead atoms. The van der Waals surface area contributed by atoms with Gasteiger partial charge in [-0.2, -0.15) is 4.90 Å². The van der Waals surface area contributed by atoms with Gasteiger partial charge >= 0.3 is 11.5 Å². The van der Waals surface area contributed by atoms with Crippen LogP contribution in [0.1, 0.15) is 36.1 Å². The largest absolute Gasteiger partial charge is 0.404 e. The summed E-state index contributed by atoms with van der Waals surface area (Å²) in [5.74, 6) is 2.84. The number of benzene rings is 8. The predicted octanol–water partition coefficient (Wildman–Crippen LogP) is 14.1. The summed E-state index contributed by atoms with van der Waals surface area (Å²) in [7, 11) is 0. The number of ether oxygens (including phenoxy) is 1. The van der Waals surface area contributed by atoms with Crippen LogP contribution in [0.25, 0.3) is 83.4 Å². The molecular weight excluding hydrogens is 817 g/mol. The third kappa shape index (κ3) is 4.27. The molecule has 1 atom stereocenters. The van der Waals surface area contributed by atoms with Gasteiger partial charge in [0.05, 0.1) is 22.8 Å². The minimum atomic E-state index is -0.808. The van der Waals surface area contributed by atoms with Crippen molar-refractivity contribution in [1.29, 1.82) is 0 Å². The van der Waals surface area contributed by atoms with Gasteiger partial charge in [0.2, 0.25) is 5.69 Å². The van der Waals surface area contributed by atoms with Crippen molar-refractivity contribution in [1.82, 2.24) is 4.57 Å². The van der Waals surface area contributed by atoms with Crippen LogP contribution in [-0.4, -0.2) is 4.57 Å². The van der Waals surface area contributed by atoms with Crippen molar-refractivity contribution in [3.8, 4) is 73.2 Å². The summed E-state index contributed by atoms with van der Waals surface area (Å²) in [6, 6.07) is 76.3. The van der Waals surface area contributed by atoms with E-state index in [0.29, 0.717) is 0 Å². The van der Waals surface area contributed by atoms with E-state index in [1.807, 2.05) is 0 Å². The molecule has 5 heteroatoms. The van der Waals surface area contributed by atoms with Crippen LogP contribution in [0.4, 0.5) is 17.2 Å². The standard InChI is InChI=1S/C62H40N4O/c1-61(2)47-19-10-12-21-50(47)64-55-34-43(41-28-24-39(25-29-41)37-14-5-3-6-15-37)32-52-53-33-44(42-30-26-40(27-31-42)38-16-7-4-8-17-38)35-56-66(53)62(65(52)55)57-51(22-13-23-54(57)67-56)63-49-20-11-9-18-45(49)46-36-48(61)60(64)58(62)59(46)63/h3-36H,1-2H3/q+2.